The third kappa shape index (κ3) is 3.46. The highest BCUT2D eigenvalue weighted by atomic mass is 79.9. The maximum absolute atomic E-state index is 13.0. The number of hydrogen-bond donors (Lipinski definition) is 0. The molecule has 26 heavy (non-hydrogen) atoms. The first-order valence-corrected chi connectivity index (χ1v) is 9.95. The van der Waals surface area contributed by atoms with Gasteiger partial charge in [-0.1, -0.05) is 23.7 Å². The SMILES string of the molecule is COc1ccc(CN(C)C(=O)c2sc3nc(C)c(Cl)c(C)c3c2Br)cc1. The van der Waals surface area contributed by atoms with Crippen molar-refractivity contribution in [3.63, 3.8) is 0 Å². The van der Waals surface area contributed by atoms with Gasteiger partial charge in [-0.05, 0) is 53.0 Å². The van der Waals surface area contributed by atoms with Crippen LogP contribution in [0.25, 0.3) is 10.2 Å². The summed E-state index contributed by atoms with van der Waals surface area (Å²) >= 11 is 11.3. The van der Waals surface area contributed by atoms with Gasteiger partial charge in [-0.2, -0.15) is 0 Å². The van der Waals surface area contributed by atoms with Crippen LogP contribution >= 0.6 is 38.9 Å². The molecule has 0 spiro atoms. The van der Waals surface area contributed by atoms with Gasteiger partial charge in [0.05, 0.1) is 22.3 Å². The molecule has 0 saturated carbocycles. The van der Waals surface area contributed by atoms with Crippen molar-refractivity contribution >= 4 is 55.0 Å². The van der Waals surface area contributed by atoms with E-state index >= 15 is 0 Å². The van der Waals surface area contributed by atoms with Gasteiger partial charge in [-0.3, -0.25) is 4.79 Å². The molecular weight excluding hydrogens is 436 g/mol. The molecule has 0 aliphatic rings. The molecular formula is C19H18BrClN2O2S. The number of aryl methyl sites for hydroxylation is 2. The van der Waals surface area contributed by atoms with E-state index in [4.69, 9.17) is 16.3 Å². The number of fused-ring (bicyclic) bond motifs is 1. The number of methoxy groups -OCH3 is 1. The van der Waals surface area contributed by atoms with Gasteiger partial charge in [0.1, 0.15) is 15.5 Å². The second-order valence-corrected chi connectivity index (χ2v) is 8.24. The Labute approximate surface area is 169 Å². The molecule has 0 aliphatic heterocycles. The van der Waals surface area contributed by atoms with Gasteiger partial charge in [0.25, 0.3) is 5.91 Å². The summed E-state index contributed by atoms with van der Waals surface area (Å²) in [4.78, 5) is 20.6. The van der Waals surface area contributed by atoms with E-state index in [1.807, 2.05) is 38.1 Å². The van der Waals surface area contributed by atoms with Crippen LogP contribution in [0.15, 0.2) is 28.7 Å². The Balaban J connectivity index is 1.91. The Morgan fingerprint density at radius 3 is 2.58 bits per heavy atom. The van der Waals surface area contributed by atoms with E-state index < -0.39 is 0 Å². The van der Waals surface area contributed by atoms with Crippen LogP contribution in [0.4, 0.5) is 0 Å². The number of carbonyl (C=O) groups excluding carboxylic acids is 1. The summed E-state index contributed by atoms with van der Waals surface area (Å²) in [5.41, 5.74) is 2.75. The monoisotopic (exact) mass is 452 g/mol. The lowest BCUT2D eigenvalue weighted by Gasteiger charge is -2.17. The van der Waals surface area contributed by atoms with Crippen LogP contribution in [0.1, 0.15) is 26.5 Å². The number of carbonyl (C=O) groups is 1. The van der Waals surface area contributed by atoms with Crippen LogP contribution in [0.2, 0.25) is 5.02 Å². The highest BCUT2D eigenvalue weighted by Gasteiger charge is 2.23. The first-order chi connectivity index (χ1) is 12.3. The Bertz CT molecular complexity index is 986. The Hall–Kier alpha value is -1.63. The van der Waals surface area contributed by atoms with E-state index in [0.29, 0.717) is 16.4 Å². The van der Waals surface area contributed by atoms with Crippen molar-refractivity contribution in [1.29, 1.82) is 0 Å². The third-order valence-corrected chi connectivity index (χ3v) is 6.93. The largest absolute Gasteiger partial charge is 0.497 e. The number of ether oxygens (including phenoxy) is 1. The topological polar surface area (TPSA) is 42.4 Å². The van der Waals surface area contributed by atoms with Crippen molar-refractivity contribution in [2.75, 3.05) is 14.2 Å². The van der Waals surface area contributed by atoms with Gasteiger partial charge in [-0.25, -0.2) is 4.98 Å². The molecule has 7 heteroatoms. The van der Waals surface area contributed by atoms with Crippen LogP contribution in [0.5, 0.6) is 5.75 Å². The zero-order valence-corrected chi connectivity index (χ0v) is 18.1. The zero-order chi connectivity index (χ0) is 19.0. The van der Waals surface area contributed by atoms with Gasteiger partial charge in [0.2, 0.25) is 0 Å². The van der Waals surface area contributed by atoms with Crippen molar-refractivity contribution in [3.8, 4) is 5.75 Å². The fourth-order valence-electron chi connectivity index (χ4n) is 2.77. The van der Waals surface area contributed by atoms with E-state index in [2.05, 4.69) is 20.9 Å². The molecule has 3 aromatic rings. The molecule has 3 rings (SSSR count). The Kier molecular flexibility index (Phi) is 5.55. The standard InChI is InChI=1S/C19H18BrClN2O2S/c1-10-14-15(20)17(26-18(14)22-11(2)16(10)21)19(24)23(3)9-12-5-7-13(25-4)8-6-12/h5-8H,9H2,1-4H3. The highest BCUT2D eigenvalue weighted by molar-refractivity contribution is 9.10. The molecule has 0 fully saturated rings. The number of benzene rings is 1. The average molecular weight is 454 g/mol. The molecule has 2 heterocycles. The van der Waals surface area contributed by atoms with E-state index in [-0.39, 0.29) is 5.91 Å². The van der Waals surface area contributed by atoms with Gasteiger partial charge in [-0.15, -0.1) is 11.3 Å². The normalized spacial score (nSPS) is 11.0. The number of halogens is 2. The minimum absolute atomic E-state index is 0.0520. The summed E-state index contributed by atoms with van der Waals surface area (Å²) in [5, 5.41) is 1.55. The molecule has 1 aromatic carbocycles. The number of hydrogen-bond acceptors (Lipinski definition) is 4. The van der Waals surface area contributed by atoms with E-state index in [1.54, 1.807) is 19.1 Å². The van der Waals surface area contributed by atoms with Crippen LogP contribution in [0, 0.1) is 13.8 Å². The molecule has 0 bridgehead atoms. The average Bonchev–Trinajstić information content (AvgIpc) is 2.96. The minimum atomic E-state index is -0.0520. The van der Waals surface area contributed by atoms with Gasteiger partial charge in [0, 0.05) is 19.0 Å². The van der Waals surface area contributed by atoms with Gasteiger partial charge in [0.15, 0.2) is 0 Å². The third-order valence-electron chi connectivity index (χ3n) is 4.24. The fourth-order valence-corrected chi connectivity index (χ4v) is 5.11. The number of aromatic nitrogens is 1. The molecule has 0 radical (unpaired) electrons. The van der Waals surface area contributed by atoms with Crippen molar-refractivity contribution in [2.24, 2.45) is 0 Å². The summed E-state index contributed by atoms with van der Waals surface area (Å²) in [7, 11) is 3.43. The molecule has 4 nitrogen and oxygen atoms in total. The maximum atomic E-state index is 13.0. The highest BCUT2D eigenvalue weighted by Crippen LogP contribution is 2.40. The summed E-state index contributed by atoms with van der Waals surface area (Å²) < 4.78 is 5.93. The first kappa shape index (κ1) is 19.1. The van der Waals surface area contributed by atoms with Crippen molar-refractivity contribution in [1.82, 2.24) is 9.88 Å². The summed E-state index contributed by atoms with van der Waals surface area (Å²) in [6.07, 6.45) is 0. The number of pyridine rings is 1. The number of nitrogens with zero attached hydrogens (tertiary/aromatic N) is 2. The van der Waals surface area contributed by atoms with Gasteiger partial charge >= 0.3 is 0 Å². The second-order valence-electron chi connectivity index (χ2n) is 6.07. The molecule has 0 saturated heterocycles. The Morgan fingerprint density at radius 2 is 1.96 bits per heavy atom. The molecule has 1 amide bonds. The van der Waals surface area contributed by atoms with Crippen LogP contribution in [-0.4, -0.2) is 29.9 Å². The maximum Gasteiger partial charge on any atom is 0.265 e. The fraction of sp³-hybridized carbons (Fsp3) is 0.263. The van der Waals surface area contributed by atoms with E-state index in [1.165, 1.54) is 11.3 Å². The predicted molar refractivity (Wildman–Crippen MR) is 111 cm³/mol. The smallest absolute Gasteiger partial charge is 0.265 e. The summed E-state index contributed by atoms with van der Waals surface area (Å²) in [6.45, 7) is 4.33. The quantitative estimate of drug-likeness (QED) is 0.515. The van der Waals surface area contributed by atoms with Crippen LogP contribution in [0.3, 0.4) is 0 Å². The molecule has 2 aromatic heterocycles. The minimum Gasteiger partial charge on any atom is -0.497 e. The summed E-state index contributed by atoms with van der Waals surface area (Å²) in [5.74, 6) is 0.743. The van der Waals surface area contributed by atoms with E-state index in [0.717, 1.165) is 37.3 Å². The number of thiophene rings is 1. The van der Waals surface area contributed by atoms with Crippen molar-refractivity contribution < 1.29 is 9.53 Å². The Morgan fingerprint density at radius 1 is 1.31 bits per heavy atom. The van der Waals surface area contributed by atoms with Crippen molar-refractivity contribution in [3.05, 3.63) is 55.5 Å². The van der Waals surface area contributed by atoms with E-state index in [9.17, 15) is 4.79 Å². The number of amides is 1. The lowest BCUT2D eigenvalue weighted by molar-refractivity contribution is 0.0789. The van der Waals surface area contributed by atoms with Gasteiger partial charge < -0.3 is 9.64 Å². The predicted octanol–water partition coefficient (Wildman–Crippen LogP) is 5.61. The molecule has 0 unspecified atom stereocenters. The zero-order valence-electron chi connectivity index (χ0n) is 14.9. The lowest BCUT2D eigenvalue weighted by Crippen LogP contribution is -2.25. The molecule has 0 N–H and O–H groups in total. The molecule has 0 atom stereocenters. The van der Waals surface area contributed by atoms with Crippen LogP contribution < -0.4 is 4.74 Å². The second kappa shape index (κ2) is 7.55. The molecule has 136 valence electrons. The first-order valence-electron chi connectivity index (χ1n) is 7.96. The number of rotatable bonds is 4. The van der Waals surface area contributed by atoms with Crippen molar-refractivity contribution in [2.45, 2.75) is 20.4 Å². The molecule has 0 aliphatic carbocycles. The van der Waals surface area contributed by atoms with Crippen LogP contribution in [-0.2, 0) is 6.54 Å². The lowest BCUT2D eigenvalue weighted by atomic mass is 10.1. The summed E-state index contributed by atoms with van der Waals surface area (Å²) in [6, 6.07) is 7.69.